The van der Waals surface area contributed by atoms with E-state index in [2.05, 4.69) is 66.4 Å². The van der Waals surface area contributed by atoms with E-state index in [1.54, 1.807) is 11.1 Å². The Labute approximate surface area is 127 Å². The number of likely N-dealkylation sites (N-methyl/N-ethyl adjacent to an activating group) is 1. The Morgan fingerprint density at radius 2 is 1.67 bits per heavy atom. The summed E-state index contributed by atoms with van der Waals surface area (Å²) in [5.74, 6) is 1.32. The van der Waals surface area contributed by atoms with Crippen LogP contribution in [0, 0.1) is 0 Å². The number of benzene rings is 2. The predicted molar refractivity (Wildman–Crippen MR) is 87.7 cm³/mol. The van der Waals surface area contributed by atoms with E-state index in [4.69, 9.17) is 0 Å². The first-order valence-corrected chi connectivity index (χ1v) is 8.26. The Morgan fingerprint density at radius 1 is 0.952 bits per heavy atom. The maximum absolute atomic E-state index is 2.69. The Bertz CT molecular complexity index is 619. The Morgan fingerprint density at radius 3 is 2.43 bits per heavy atom. The molecule has 2 unspecified atom stereocenters. The van der Waals surface area contributed by atoms with E-state index in [-0.39, 0.29) is 0 Å². The van der Waals surface area contributed by atoms with E-state index in [9.17, 15) is 0 Å². The molecule has 0 bridgehead atoms. The van der Waals surface area contributed by atoms with Crippen molar-refractivity contribution in [3.8, 4) is 0 Å². The molecule has 2 aromatic rings. The summed E-state index contributed by atoms with van der Waals surface area (Å²) in [4.78, 5) is 2.69. The molecule has 1 heteroatoms. The molecule has 0 aromatic heterocycles. The van der Waals surface area contributed by atoms with Crippen LogP contribution >= 0.6 is 0 Å². The van der Waals surface area contributed by atoms with Gasteiger partial charge >= 0.3 is 0 Å². The molecule has 0 N–H and O–H groups in total. The lowest BCUT2D eigenvalue weighted by Crippen LogP contribution is -2.36. The SMILES string of the molecule is CCN1CCC2c3ccccc3C(c3ccccc3)C[C@@H]21. The average molecular weight is 277 g/mol. The molecule has 1 fully saturated rings. The van der Waals surface area contributed by atoms with Crippen LogP contribution in [-0.4, -0.2) is 24.0 Å². The van der Waals surface area contributed by atoms with E-state index >= 15 is 0 Å². The summed E-state index contributed by atoms with van der Waals surface area (Å²) in [6, 6.07) is 21.0. The highest BCUT2D eigenvalue weighted by Gasteiger charge is 2.41. The predicted octanol–water partition coefficient (Wildman–Crippen LogP) is 4.40. The van der Waals surface area contributed by atoms with E-state index in [0.717, 1.165) is 12.0 Å². The Hall–Kier alpha value is -1.60. The van der Waals surface area contributed by atoms with Crippen molar-refractivity contribution in [2.24, 2.45) is 0 Å². The molecular formula is C20H23N. The summed E-state index contributed by atoms with van der Waals surface area (Å²) in [6.07, 6.45) is 2.61. The van der Waals surface area contributed by atoms with Gasteiger partial charge in [0.05, 0.1) is 0 Å². The van der Waals surface area contributed by atoms with Crippen LogP contribution < -0.4 is 0 Å². The lowest BCUT2D eigenvalue weighted by molar-refractivity contribution is 0.230. The summed E-state index contributed by atoms with van der Waals surface area (Å²) in [5.41, 5.74) is 4.66. The topological polar surface area (TPSA) is 3.24 Å². The minimum absolute atomic E-state index is 0.566. The third kappa shape index (κ3) is 2.11. The molecule has 0 amide bonds. The fraction of sp³-hybridized carbons (Fsp3) is 0.400. The largest absolute Gasteiger partial charge is 0.300 e. The van der Waals surface area contributed by atoms with E-state index in [0.29, 0.717) is 5.92 Å². The normalized spacial score (nSPS) is 28.1. The van der Waals surface area contributed by atoms with Crippen LogP contribution in [0.15, 0.2) is 54.6 Å². The molecule has 2 aliphatic rings. The zero-order chi connectivity index (χ0) is 14.2. The van der Waals surface area contributed by atoms with Gasteiger partial charge in [-0.15, -0.1) is 0 Å². The maximum atomic E-state index is 2.69. The molecule has 2 aromatic carbocycles. The van der Waals surface area contributed by atoms with Gasteiger partial charge < -0.3 is 0 Å². The highest BCUT2D eigenvalue weighted by atomic mass is 15.2. The van der Waals surface area contributed by atoms with Crippen LogP contribution in [0.4, 0.5) is 0 Å². The molecular weight excluding hydrogens is 254 g/mol. The number of hydrogen-bond acceptors (Lipinski definition) is 1. The van der Waals surface area contributed by atoms with Gasteiger partial charge in [-0.2, -0.15) is 0 Å². The van der Waals surface area contributed by atoms with Gasteiger partial charge in [-0.05, 0) is 42.6 Å². The summed E-state index contributed by atoms with van der Waals surface area (Å²) >= 11 is 0. The molecule has 1 nitrogen and oxygen atoms in total. The summed E-state index contributed by atoms with van der Waals surface area (Å²) in [5, 5.41) is 0. The molecule has 0 spiro atoms. The van der Waals surface area contributed by atoms with Gasteiger partial charge in [0.1, 0.15) is 0 Å². The molecule has 0 radical (unpaired) electrons. The van der Waals surface area contributed by atoms with Crippen molar-refractivity contribution in [3.63, 3.8) is 0 Å². The van der Waals surface area contributed by atoms with Crippen LogP contribution in [0.5, 0.6) is 0 Å². The van der Waals surface area contributed by atoms with Gasteiger partial charge in [0.25, 0.3) is 0 Å². The maximum Gasteiger partial charge on any atom is 0.0173 e. The molecule has 21 heavy (non-hydrogen) atoms. The first-order valence-electron chi connectivity index (χ1n) is 8.26. The lowest BCUT2D eigenvalue weighted by Gasteiger charge is -2.38. The summed E-state index contributed by atoms with van der Waals surface area (Å²) in [6.45, 7) is 4.76. The second-order valence-corrected chi connectivity index (χ2v) is 6.42. The van der Waals surface area contributed by atoms with Crippen molar-refractivity contribution < 1.29 is 0 Å². The third-order valence-electron chi connectivity index (χ3n) is 5.52. The number of hydrogen-bond donors (Lipinski definition) is 0. The summed E-state index contributed by atoms with van der Waals surface area (Å²) < 4.78 is 0. The highest BCUT2D eigenvalue weighted by Crippen LogP contribution is 2.48. The van der Waals surface area contributed by atoms with Gasteiger partial charge in [-0.3, -0.25) is 4.90 Å². The first-order chi connectivity index (χ1) is 10.4. The fourth-order valence-corrected chi connectivity index (χ4v) is 4.52. The van der Waals surface area contributed by atoms with Gasteiger partial charge in [0.15, 0.2) is 0 Å². The van der Waals surface area contributed by atoms with Crippen LogP contribution in [0.3, 0.4) is 0 Å². The van der Waals surface area contributed by atoms with Crippen molar-refractivity contribution in [2.45, 2.75) is 37.6 Å². The number of rotatable bonds is 2. The van der Waals surface area contributed by atoms with Crippen LogP contribution in [0.2, 0.25) is 0 Å². The zero-order valence-electron chi connectivity index (χ0n) is 12.7. The Balaban J connectivity index is 1.80. The van der Waals surface area contributed by atoms with Gasteiger partial charge in [-0.25, -0.2) is 0 Å². The van der Waals surface area contributed by atoms with Crippen molar-refractivity contribution in [2.75, 3.05) is 13.1 Å². The van der Waals surface area contributed by atoms with Crippen molar-refractivity contribution in [1.82, 2.24) is 4.90 Å². The van der Waals surface area contributed by atoms with Gasteiger partial charge in [-0.1, -0.05) is 61.5 Å². The lowest BCUT2D eigenvalue weighted by atomic mass is 9.71. The third-order valence-corrected chi connectivity index (χ3v) is 5.52. The Kier molecular flexibility index (Phi) is 3.31. The van der Waals surface area contributed by atoms with E-state index < -0.39 is 0 Å². The van der Waals surface area contributed by atoms with Crippen LogP contribution in [-0.2, 0) is 0 Å². The monoisotopic (exact) mass is 277 g/mol. The molecule has 1 saturated heterocycles. The van der Waals surface area contributed by atoms with Gasteiger partial charge in [0, 0.05) is 17.9 Å². The van der Waals surface area contributed by atoms with Crippen LogP contribution in [0.25, 0.3) is 0 Å². The summed E-state index contributed by atoms with van der Waals surface area (Å²) in [7, 11) is 0. The molecule has 4 rings (SSSR count). The van der Waals surface area contributed by atoms with Crippen molar-refractivity contribution in [1.29, 1.82) is 0 Å². The first kappa shape index (κ1) is 13.1. The minimum Gasteiger partial charge on any atom is -0.300 e. The molecule has 3 atom stereocenters. The van der Waals surface area contributed by atoms with E-state index in [1.807, 2.05) is 0 Å². The highest BCUT2D eigenvalue weighted by molar-refractivity contribution is 5.44. The molecule has 1 aliphatic carbocycles. The molecule has 108 valence electrons. The number of fused-ring (bicyclic) bond motifs is 3. The van der Waals surface area contributed by atoms with E-state index in [1.165, 1.54) is 31.5 Å². The van der Waals surface area contributed by atoms with Crippen molar-refractivity contribution in [3.05, 3.63) is 71.3 Å². The quantitative estimate of drug-likeness (QED) is 0.786. The van der Waals surface area contributed by atoms with Crippen LogP contribution in [0.1, 0.15) is 48.3 Å². The molecule has 1 aliphatic heterocycles. The second kappa shape index (κ2) is 5.31. The number of likely N-dealkylation sites (tertiary alicyclic amines) is 1. The van der Waals surface area contributed by atoms with Crippen molar-refractivity contribution >= 4 is 0 Å². The number of nitrogens with zero attached hydrogens (tertiary/aromatic N) is 1. The molecule has 0 saturated carbocycles. The second-order valence-electron chi connectivity index (χ2n) is 6.42. The smallest absolute Gasteiger partial charge is 0.0173 e. The van der Waals surface area contributed by atoms with Gasteiger partial charge in [0.2, 0.25) is 0 Å². The average Bonchev–Trinajstić information content (AvgIpc) is 2.98. The molecule has 1 heterocycles. The standard InChI is InChI=1S/C20H23N/c1-2-21-13-12-18-16-10-6-7-11-17(16)19(14-20(18)21)15-8-4-3-5-9-15/h3-11,18-20H,2,12-14H2,1H3/t18?,19?,20-/m0/s1. The fourth-order valence-electron chi connectivity index (χ4n) is 4.52. The minimum atomic E-state index is 0.566. The zero-order valence-corrected chi connectivity index (χ0v) is 12.7.